The number of rotatable bonds is 8. The summed E-state index contributed by atoms with van der Waals surface area (Å²) in [6.07, 6.45) is 0. The highest BCUT2D eigenvalue weighted by atomic mass is 19.1. The van der Waals surface area contributed by atoms with Crippen LogP contribution in [0, 0.1) is 5.82 Å². The van der Waals surface area contributed by atoms with Crippen LogP contribution in [-0.4, -0.2) is 0 Å². The maximum atomic E-state index is 17.3. The molecule has 0 atom stereocenters. The van der Waals surface area contributed by atoms with Crippen LogP contribution in [0.3, 0.4) is 0 Å². The number of para-hydroxylation sites is 4. The van der Waals surface area contributed by atoms with Crippen LogP contribution in [0.15, 0.2) is 241 Å². The van der Waals surface area contributed by atoms with E-state index in [9.17, 15) is 0 Å². The highest BCUT2D eigenvalue weighted by Crippen LogP contribution is 2.52. The Kier molecular flexibility index (Phi) is 9.00. The molecule has 0 radical (unpaired) electrons. The van der Waals surface area contributed by atoms with Gasteiger partial charge in [0, 0.05) is 50.4 Å². The van der Waals surface area contributed by atoms with E-state index >= 15 is 4.39 Å². The van der Waals surface area contributed by atoms with Crippen molar-refractivity contribution in [2.75, 3.05) is 9.80 Å². The first-order valence-corrected chi connectivity index (χ1v) is 22.5. The van der Waals surface area contributed by atoms with Crippen LogP contribution in [0.5, 0.6) is 11.5 Å². The summed E-state index contributed by atoms with van der Waals surface area (Å²) in [5.41, 5.74) is 12.3. The Bertz CT molecular complexity index is 3850. The lowest BCUT2D eigenvalue weighted by atomic mass is 9.90. The van der Waals surface area contributed by atoms with Gasteiger partial charge in [0.15, 0.2) is 5.58 Å². The Morgan fingerprint density at radius 1 is 0.358 bits per heavy atom. The second kappa shape index (κ2) is 15.7. The van der Waals surface area contributed by atoms with Crippen molar-refractivity contribution >= 4 is 77.6 Å². The summed E-state index contributed by atoms with van der Waals surface area (Å²) < 4.78 is 30.8. The molecular formula is C62H39FN2O2. The SMILES string of the molecule is Fc1cc(-c2ccccc2)cc(-c2ccccc2)c1N(c1ccccc1)c1ccc2cc3c4c(cccc4c2c1)Oc1cc(N(c2ccccc2)c2cccc4c2oc2ccccc24)ccc1-3. The van der Waals surface area contributed by atoms with Crippen molar-refractivity contribution < 1.29 is 13.5 Å². The molecule has 12 aromatic rings. The molecule has 1 aromatic heterocycles. The lowest BCUT2D eigenvalue weighted by Gasteiger charge is -2.30. The minimum absolute atomic E-state index is 0.314. The molecule has 0 bridgehead atoms. The van der Waals surface area contributed by atoms with Gasteiger partial charge in [-0.15, -0.1) is 0 Å². The van der Waals surface area contributed by atoms with Crippen molar-refractivity contribution in [1.29, 1.82) is 0 Å². The zero-order chi connectivity index (χ0) is 44.4. The number of anilines is 6. The van der Waals surface area contributed by atoms with Crippen molar-refractivity contribution in [2.45, 2.75) is 0 Å². The standard InChI is InChI=1S/C62H39FN2O2/c63-55-37-43(40-17-5-1-6-18-40)36-53(41-19-7-2-8-20-41)61(55)65(45-23-11-4-12-24-45)46-32-31-42-35-54-49-34-33-47(39-59(49)66-58-30-16-26-50(60(54)58)52(42)38-46)64(44-21-9-3-10-22-44)56-28-15-27-51-48-25-13-14-29-57(48)67-62(51)56/h1-39H. The van der Waals surface area contributed by atoms with E-state index in [1.54, 1.807) is 6.07 Å². The topological polar surface area (TPSA) is 28.9 Å². The van der Waals surface area contributed by atoms with Crippen molar-refractivity contribution in [3.63, 3.8) is 0 Å². The van der Waals surface area contributed by atoms with Gasteiger partial charge in [0.2, 0.25) is 0 Å². The number of fused-ring (bicyclic) bond motifs is 7. The van der Waals surface area contributed by atoms with E-state index in [-0.39, 0.29) is 5.82 Å². The fourth-order valence-corrected chi connectivity index (χ4v) is 10.0. The lowest BCUT2D eigenvalue weighted by molar-refractivity contribution is 0.487. The van der Waals surface area contributed by atoms with Gasteiger partial charge in [-0.1, -0.05) is 146 Å². The highest BCUT2D eigenvalue weighted by Gasteiger charge is 2.27. The predicted molar refractivity (Wildman–Crippen MR) is 274 cm³/mol. The van der Waals surface area contributed by atoms with E-state index in [2.05, 4.69) is 125 Å². The first-order chi connectivity index (χ1) is 33.1. The number of ether oxygens (including phenoxy) is 1. The van der Waals surface area contributed by atoms with Gasteiger partial charge >= 0.3 is 0 Å². The van der Waals surface area contributed by atoms with Crippen LogP contribution in [-0.2, 0) is 0 Å². The summed E-state index contributed by atoms with van der Waals surface area (Å²) in [6, 6.07) is 80.3. The Balaban J connectivity index is 0.965. The third-order valence-corrected chi connectivity index (χ3v) is 13.0. The molecule has 1 aliphatic heterocycles. The van der Waals surface area contributed by atoms with E-state index in [0.717, 1.165) is 117 Å². The molecule has 0 saturated carbocycles. The van der Waals surface area contributed by atoms with Crippen LogP contribution in [0.1, 0.15) is 0 Å². The molecule has 4 nitrogen and oxygen atoms in total. The molecule has 0 amide bonds. The third kappa shape index (κ3) is 6.43. The van der Waals surface area contributed by atoms with E-state index in [1.165, 1.54) is 0 Å². The first kappa shape index (κ1) is 38.5. The monoisotopic (exact) mass is 862 g/mol. The third-order valence-electron chi connectivity index (χ3n) is 13.0. The summed E-state index contributed by atoms with van der Waals surface area (Å²) in [4.78, 5) is 4.30. The highest BCUT2D eigenvalue weighted by molar-refractivity contribution is 6.18. The zero-order valence-corrected chi connectivity index (χ0v) is 36.1. The summed E-state index contributed by atoms with van der Waals surface area (Å²) in [5.74, 6) is 1.23. The van der Waals surface area contributed by atoms with Gasteiger partial charge in [-0.3, -0.25) is 0 Å². The van der Waals surface area contributed by atoms with E-state index in [0.29, 0.717) is 5.69 Å². The molecule has 2 heterocycles. The van der Waals surface area contributed by atoms with Gasteiger partial charge in [0.25, 0.3) is 0 Å². The van der Waals surface area contributed by atoms with Crippen molar-refractivity contribution in [1.82, 2.24) is 0 Å². The van der Waals surface area contributed by atoms with Gasteiger partial charge in [-0.25, -0.2) is 4.39 Å². The molecule has 1 aliphatic rings. The minimum atomic E-state index is -0.314. The molecule has 0 saturated heterocycles. The van der Waals surface area contributed by atoms with Gasteiger partial charge in [-0.2, -0.15) is 0 Å². The van der Waals surface area contributed by atoms with Gasteiger partial charge < -0.3 is 19.0 Å². The number of halogens is 1. The Morgan fingerprint density at radius 3 is 1.76 bits per heavy atom. The molecule has 13 rings (SSSR count). The second-order valence-electron chi connectivity index (χ2n) is 17.0. The number of hydrogen-bond acceptors (Lipinski definition) is 4. The second-order valence-corrected chi connectivity index (χ2v) is 17.0. The van der Waals surface area contributed by atoms with Gasteiger partial charge in [-0.05, 0) is 123 Å². The summed E-state index contributed by atoms with van der Waals surface area (Å²) in [6.45, 7) is 0. The normalized spacial score (nSPS) is 11.8. The average Bonchev–Trinajstić information content (AvgIpc) is 3.78. The maximum absolute atomic E-state index is 17.3. The molecule has 11 aromatic carbocycles. The number of nitrogens with zero attached hydrogens (tertiary/aromatic N) is 2. The number of benzene rings is 11. The minimum Gasteiger partial charge on any atom is -0.456 e. The van der Waals surface area contributed by atoms with Crippen LogP contribution >= 0.6 is 0 Å². The molecule has 0 unspecified atom stereocenters. The largest absolute Gasteiger partial charge is 0.456 e. The van der Waals surface area contributed by atoms with Gasteiger partial charge in [0.05, 0.1) is 17.1 Å². The quantitative estimate of drug-likeness (QED) is 0.142. The molecular weight excluding hydrogens is 824 g/mol. The summed E-state index contributed by atoms with van der Waals surface area (Å²) >= 11 is 0. The average molecular weight is 863 g/mol. The lowest BCUT2D eigenvalue weighted by Crippen LogP contribution is -2.13. The van der Waals surface area contributed by atoms with Crippen LogP contribution in [0.25, 0.3) is 76.9 Å². The van der Waals surface area contributed by atoms with Crippen LogP contribution < -0.4 is 14.5 Å². The molecule has 0 N–H and O–H groups in total. The van der Waals surface area contributed by atoms with Crippen molar-refractivity contribution in [2.24, 2.45) is 0 Å². The van der Waals surface area contributed by atoms with Crippen LogP contribution in [0.2, 0.25) is 0 Å². The Morgan fingerprint density at radius 2 is 0.985 bits per heavy atom. The zero-order valence-electron chi connectivity index (χ0n) is 36.1. The molecule has 67 heavy (non-hydrogen) atoms. The first-order valence-electron chi connectivity index (χ1n) is 22.5. The molecule has 0 spiro atoms. The number of furan rings is 1. The van der Waals surface area contributed by atoms with Crippen molar-refractivity contribution in [3.8, 4) is 44.9 Å². The summed E-state index contributed by atoms with van der Waals surface area (Å²) in [7, 11) is 0. The van der Waals surface area contributed by atoms with Gasteiger partial charge in [0.1, 0.15) is 22.9 Å². The van der Waals surface area contributed by atoms with E-state index in [1.807, 2.05) is 115 Å². The maximum Gasteiger partial charge on any atom is 0.159 e. The van der Waals surface area contributed by atoms with E-state index in [4.69, 9.17) is 9.15 Å². The smallest absolute Gasteiger partial charge is 0.159 e. The number of hydrogen-bond donors (Lipinski definition) is 0. The fourth-order valence-electron chi connectivity index (χ4n) is 10.0. The predicted octanol–water partition coefficient (Wildman–Crippen LogP) is 18.1. The molecule has 0 aliphatic carbocycles. The van der Waals surface area contributed by atoms with Crippen molar-refractivity contribution in [3.05, 3.63) is 242 Å². The van der Waals surface area contributed by atoms with Crippen LogP contribution in [0.4, 0.5) is 38.5 Å². The van der Waals surface area contributed by atoms with E-state index < -0.39 is 0 Å². The molecule has 316 valence electrons. The molecule has 0 fully saturated rings. The molecule has 5 heteroatoms. The fraction of sp³-hybridized carbons (Fsp3) is 0. The summed E-state index contributed by atoms with van der Waals surface area (Å²) in [5, 5.41) is 6.35. The Labute approximate surface area is 386 Å². The Hall–Kier alpha value is -8.93.